The number of nitrogens with two attached hydrogens (primary N) is 1. The smallest absolute Gasteiger partial charge is 0.254 e. The van der Waals surface area contributed by atoms with E-state index in [1.807, 2.05) is 21.7 Å². The number of thiophene rings is 1. The monoisotopic (exact) mass is 268 g/mol. The van der Waals surface area contributed by atoms with Crippen molar-refractivity contribution in [3.63, 3.8) is 0 Å². The maximum atomic E-state index is 12.1. The molecule has 0 aliphatic carbocycles. The van der Waals surface area contributed by atoms with E-state index >= 15 is 0 Å². The van der Waals surface area contributed by atoms with Gasteiger partial charge >= 0.3 is 0 Å². The van der Waals surface area contributed by atoms with Gasteiger partial charge in [0.1, 0.15) is 0 Å². The van der Waals surface area contributed by atoms with Crippen LogP contribution in [0.4, 0.5) is 0 Å². The van der Waals surface area contributed by atoms with E-state index in [1.165, 1.54) is 0 Å². The molecule has 5 heteroatoms. The molecule has 3 nitrogen and oxygen atoms in total. The molecule has 0 unspecified atom stereocenters. The highest BCUT2D eigenvalue weighted by Crippen LogP contribution is 2.31. The second kappa shape index (κ2) is 4.74. The first kappa shape index (κ1) is 12.5. The van der Waals surface area contributed by atoms with E-state index in [4.69, 9.17) is 18.0 Å². The summed E-state index contributed by atoms with van der Waals surface area (Å²) in [6.45, 7) is 3.56. The molecule has 0 radical (unpaired) electrons. The van der Waals surface area contributed by atoms with E-state index in [9.17, 15) is 4.79 Å². The van der Waals surface area contributed by atoms with Gasteiger partial charge in [-0.1, -0.05) is 19.1 Å². The zero-order valence-electron chi connectivity index (χ0n) is 9.81. The third-order valence-corrected chi connectivity index (χ3v) is 4.69. The average Bonchev–Trinajstić information content (AvgIpc) is 2.82. The summed E-state index contributed by atoms with van der Waals surface area (Å²) in [7, 11) is 0. The van der Waals surface area contributed by atoms with Crippen LogP contribution >= 0.6 is 23.6 Å². The average molecular weight is 268 g/mol. The summed E-state index contributed by atoms with van der Waals surface area (Å²) in [5.74, 6) is 0.122. The number of likely N-dealkylation sites (tertiary alicyclic amines) is 1. The van der Waals surface area contributed by atoms with Crippen LogP contribution in [0, 0.1) is 5.41 Å². The fraction of sp³-hybridized carbons (Fsp3) is 0.500. The number of hydrogen-bond donors (Lipinski definition) is 1. The molecule has 0 aromatic carbocycles. The Bertz CT molecular complexity index is 420. The lowest BCUT2D eigenvalue weighted by Crippen LogP contribution is -2.46. The summed E-state index contributed by atoms with van der Waals surface area (Å²) in [6, 6.07) is 1.87. The van der Waals surface area contributed by atoms with Crippen LogP contribution < -0.4 is 5.73 Å². The molecule has 1 fully saturated rings. The van der Waals surface area contributed by atoms with Crippen molar-refractivity contribution in [2.75, 3.05) is 13.1 Å². The van der Waals surface area contributed by atoms with Gasteiger partial charge in [0.05, 0.1) is 10.6 Å². The molecule has 1 aromatic rings. The van der Waals surface area contributed by atoms with Crippen LogP contribution in [-0.2, 0) is 0 Å². The Morgan fingerprint density at radius 1 is 1.53 bits per heavy atom. The van der Waals surface area contributed by atoms with Gasteiger partial charge in [0.25, 0.3) is 5.91 Å². The molecule has 17 heavy (non-hydrogen) atoms. The van der Waals surface area contributed by atoms with Gasteiger partial charge in [0.15, 0.2) is 0 Å². The molecule has 92 valence electrons. The van der Waals surface area contributed by atoms with Crippen molar-refractivity contribution in [1.29, 1.82) is 0 Å². The fourth-order valence-electron chi connectivity index (χ4n) is 2.02. The molecule has 2 N–H and O–H groups in total. The second-order valence-corrected chi connectivity index (χ2v) is 5.95. The molecule has 1 aliphatic heterocycles. The number of amides is 1. The summed E-state index contributed by atoms with van der Waals surface area (Å²) in [5.41, 5.74) is 6.45. The molecule has 2 rings (SSSR count). The van der Waals surface area contributed by atoms with Gasteiger partial charge in [0.2, 0.25) is 0 Å². The van der Waals surface area contributed by atoms with Gasteiger partial charge in [-0.25, -0.2) is 0 Å². The lowest BCUT2D eigenvalue weighted by Gasteiger charge is -2.38. The van der Waals surface area contributed by atoms with Crippen molar-refractivity contribution in [1.82, 2.24) is 4.90 Å². The molecular formula is C12H16N2OS2. The Kier molecular flexibility index (Phi) is 3.49. The fourth-order valence-corrected chi connectivity index (χ4v) is 2.85. The van der Waals surface area contributed by atoms with Crippen molar-refractivity contribution in [3.8, 4) is 0 Å². The zero-order chi connectivity index (χ0) is 12.5. The van der Waals surface area contributed by atoms with Crippen molar-refractivity contribution >= 4 is 34.5 Å². The molecule has 2 heterocycles. The summed E-state index contributed by atoms with van der Waals surface area (Å²) in [5, 5.41) is 3.82. The Morgan fingerprint density at radius 2 is 2.18 bits per heavy atom. The number of carbonyl (C=O) groups excluding carboxylic acids is 1. The van der Waals surface area contributed by atoms with Gasteiger partial charge < -0.3 is 10.6 Å². The Hall–Kier alpha value is -0.940. The summed E-state index contributed by atoms with van der Waals surface area (Å²) >= 11 is 6.64. The molecule has 0 spiro atoms. The van der Waals surface area contributed by atoms with E-state index in [0.29, 0.717) is 4.99 Å². The van der Waals surface area contributed by atoms with Crippen LogP contribution in [0.2, 0.25) is 0 Å². The van der Waals surface area contributed by atoms with Crippen molar-refractivity contribution < 1.29 is 4.79 Å². The van der Waals surface area contributed by atoms with Gasteiger partial charge in [-0.05, 0) is 24.3 Å². The summed E-state index contributed by atoms with van der Waals surface area (Å²) in [4.78, 5) is 14.6. The van der Waals surface area contributed by atoms with E-state index in [-0.39, 0.29) is 11.3 Å². The first-order chi connectivity index (χ1) is 8.03. The minimum absolute atomic E-state index is 0.0826. The van der Waals surface area contributed by atoms with Crippen LogP contribution in [-0.4, -0.2) is 28.9 Å². The maximum Gasteiger partial charge on any atom is 0.254 e. The van der Waals surface area contributed by atoms with Crippen LogP contribution in [0.5, 0.6) is 0 Å². The van der Waals surface area contributed by atoms with Crippen LogP contribution in [0.1, 0.15) is 30.1 Å². The summed E-state index contributed by atoms with van der Waals surface area (Å²) in [6.07, 6.45) is 1.72. The van der Waals surface area contributed by atoms with Crippen molar-refractivity contribution in [2.45, 2.75) is 19.8 Å². The maximum absolute atomic E-state index is 12.1. The number of nitrogens with zero attached hydrogens (tertiary/aromatic N) is 1. The van der Waals surface area contributed by atoms with E-state index in [2.05, 4.69) is 6.92 Å². The molecular weight excluding hydrogens is 252 g/mol. The van der Waals surface area contributed by atoms with E-state index in [1.54, 1.807) is 11.3 Å². The highest BCUT2D eigenvalue weighted by atomic mass is 32.1. The molecule has 1 saturated heterocycles. The van der Waals surface area contributed by atoms with Gasteiger partial charge in [-0.15, -0.1) is 0 Å². The second-order valence-electron chi connectivity index (χ2n) is 4.73. The summed E-state index contributed by atoms with van der Waals surface area (Å²) < 4.78 is 0. The zero-order valence-corrected chi connectivity index (χ0v) is 11.4. The van der Waals surface area contributed by atoms with Crippen molar-refractivity contribution in [3.05, 3.63) is 22.4 Å². The number of thiocarbonyl (C=S) groups is 1. The topological polar surface area (TPSA) is 46.3 Å². The molecule has 0 saturated carbocycles. The lowest BCUT2D eigenvalue weighted by atomic mass is 9.80. The molecule has 1 aromatic heterocycles. The number of hydrogen-bond acceptors (Lipinski definition) is 3. The van der Waals surface area contributed by atoms with Gasteiger partial charge in [0, 0.05) is 23.9 Å². The van der Waals surface area contributed by atoms with Gasteiger partial charge in [-0.3, -0.25) is 4.79 Å². The number of piperidine rings is 1. The number of carbonyl (C=O) groups is 1. The minimum Gasteiger partial charge on any atom is -0.393 e. The van der Waals surface area contributed by atoms with Crippen LogP contribution in [0.3, 0.4) is 0 Å². The van der Waals surface area contributed by atoms with Crippen molar-refractivity contribution in [2.24, 2.45) is 11.1 Å². The predicted molar refractivity (Wildman–Crippen MR) is 74.3 cm³/mol. The van der Waals surface area contributed by atoms with E-state index in [0.717, 1.165) is 31.5 Å². The first-order valence-corrected chi connectivity index (χ1v) is 6.99. The SMILES string of the molecule is CC1(C(N)=S)CCN(C(=O)c2ccsc2)CC1. The van der Waals surface area contributed by atoms with Gasteiger partial charge in [-0.2, -0.15) is 11.3 Å². The van der Waals surface area contributed by atoms with Crippen LogP contribution in [0.15, 0.2) is 16.8 Å². The van der Waals surface area contributed by atoms with Crippen LogP contribution in [0.25, 0.3) is 0 Å². The largest absolute Gasteiger partial charge is 0.393 e. The standard InChI is InChI=1S/C12H16N2OS2/c1-12(11(13)16)3-5-14(6-4-12)10(15)9-2-7-17-8-9/h2,7-8H,3-6H2,1H3,(H2,13,16). The first-order valence-electron chi connectivity index (χ1n) is 5.64. The molecule has 0 bridgehead atoms. The Balaban J connectivity index is 2.00. The third kappa shape index (κ3) is 2.50. The highest BCUT2D eigenvalue weighted by Gasteiger charge is 2.34. The molecule has 0 atom stereocenters. The number of rotatable bonds is 2. The third-order valence-electron chi connectivity index (χ3n) is 3.52. The normalized spacial score (nSPS) is 19.0. The predicted octanol–water partition coefficient (Wildman–Crippen LogP) is 2.28. The quantitative estimate of drug-likeness (QED) is 0.837. The van der Waals surface area contributed by atoms with E-state index < -0.39 is 0 Å². The molecule has 1 aliphatic rings. The highest BCUT2D eigenvalue weighted by molar-refractivity contribution is 7.80. The minimum atomic E-state index is -0.0826. The Labute approximate surface area is 111 Å². The Morgan fingerprint density at radius 3 is 2.65 bits per heavy atom. The lowest BCUT2D eigenvalue weighted by molar-refractivity contribution is 0.0671. The molecule has 1 amide bonds.